The summed E-state index contributed by atoms with van der Waals surface area (Å²) in [6, 6.07) is 8.35. The van der Waals surface area contributed by atoms with E-state index in [0.29, 0.717) is 21.7 Å². The zero-order chi connectivity index (χ0) is 15.0. The molecule has 0 saturated carbocycles. The van der Waals surface area contributed by atoms with Crippen molar-refractivity contribution in [3.63, 3.8) is 0 Å². The molecule has 21 heavy (non-hydrogen) atoms. The largest absolute Gasteiger partial charge is 0.328 e. The molecule has 0 aliphatic rings. The second kappa shape index (κ2) is 5.35. The Morgan fingerprint density at radius 1 is 1.14 bits per heavy atom. The summed E-state index contributed by atoms with van der Waals surface area (Å²) in [7, 11) is 0. The van der Waals surface area contributed by atoms with Crippen molar-refractivity contribution in [1.29, 1.82) is 0 Å². The zero-order valence-electron chi connectivity index (χ0n) is 11.0. The van der Waals surface area contributed by atoms with Crippen molar-refractivity contribution in [2.45, 2.75) is 6.92 Å². The molecule has 7 heteroatoms. The van der Waals surface area contributed by atoms with Crippen molar-refractivity contribution < 1.29 is 0 Å². The highest BCUT2D eigenvalue weighted by molar-refractivity contribution is 6.42. The van der Waals surface area contributed by atoms with E-state index < -0.39 is 0 Å². The Morgan fingerprint density at radius 3 is 2.62 bits per heavy atom. The fraction of sp³-hybridized carbons (Fsp3) is 0.0714. The third-order valence-electron chi connectivity index (χ3n) is 2.90. The summed E-state index contributed by atoms with van der Waals surface area (Å²) in [5.41, 5.74) is 1.32. The molecule has 106 valence electrons. The van der Waals surface area contributed by atoms with E-state index in [1.807, 2.05) is 0 Å². The average molecular weight is 321 g/mol. The summed E-state index contributed by atoms with van der Waals surface area (Å²) < 4.78 is 1.66. The van der Waals surface area contributed by atoms with Gasteiger partial charge < -0.3 is 4.98 Å². The molecule has 2 aromatic heterocycles. The lowest BCUT2D eigenvalue weighted by molar-refractivity contribution is 0.868. The van der Waals surface area contributed by atoms with Crippen LogP contribution in [0.25, 0.3) is 17.1 Å². The predicted molar refractivity (Wildman–Crippen MR) is 82.2 cm³/mol. The first-order valence-corrected chi connectivity index (χ1v) is 6.88. The number of aromatic nitrogens is 4. The first-order chi connectivity index (χ1) is 10.0. The number of hydrogen-bond donors (Lipinski definition) is 1. The van der Waals surface area contributed by atoms with Crippen molar-refractivity contribution in [2.24, 2.45) is 0 Å². The van der Waals surface area contributed by atoms with E-state index in [1.54, 1.807) is 42.1 Å². The Balaban J connectivity index is 2.17. The Hall–Kier alpha value is -2.11. The summed E-state index contributed by atoms with van der Waals surface area (Å²) in [6.45, 7) is 1.79. The topological polar surface area (TPSA) is 63.6 Å². The number of hydrogen-bond acceptors (Lipinski definition) is 3. The highest BCUT2D eigenvalue weighted by Gasteiger charge is 2.12. The number of pyridine rings is 1. The van der Waals surface area contributed by atoms with Gasteiger partial charge in [-0.2, -0.15) is 5.10 Å². The number of benzene rings is 1. The maximum atomic E-state index is 11.2. The van der Waals surface area contributed by atoms with Crippen LogP contribution in [-0.4, -0.2) is 19.7 Å². The molecule has 0 bridgehead atoms. The molecule has 3 aromatic rings. The summed E-state index contributed by atoms with van der Waals surface area (Å²) in [4.78, 5) is 18.2. The molecule has 0 aliphatic heterocycles. The van der Waals surface area contributed by atoms with E-state index in [-0.39, 0.29) is 5.56 Å². The van der Waals surface area contributed by atoms with Gasteiger partial charge >= 0.3 is 0 Å². The van der Waals surface area contributed by atoms with Gasteiger partial charge in [0.25, 0.3) is 0 Å². The number of halogens is 2. The van der Waals surface area contributed by atoms with Crippen molar-refractivity contribution >= 4 is 23.2 Å². The molecule has 0 unspecified atom stereocenters. The highest BCUT2D eigenvalue weighted by Crippen LogP contribution is 2.26. The van der Waals surface area contributed by atoms with E-state index in [9.17, 15) is 4.79 Å². The van der Waals surface area contributed by atoms with Crippen LogP contribution >= 0.6 is 23.2 Å². The second-order valence-corrected chi connectivity index (χ2v) is 5.25. The van der Waals surface area contributed by atoms with E-state index in [4.69, 9.17) is 23.2 Å². The minimum absolute atomic E-state index is 0.170. The van der Waals surface area contributed by atoms with Crippen LogP contribution in [-0.2, 0) is 0 Å². The first-order valence-electron chi connectivity index (χ1n) is 6.13. The maximum Gasteiger partial charge on any atom is 0.247 e. The molecule has 0 radical (unpaired) electrons. The molecule has 0 saturated heterocycles. The van der Waals surface area contributed by atoms with Gasteiger partial charge in [-0.15, -0.1) is 0 Å². The molecule has 0 amide bonds. The molecule has 0 atom stereocenters. The molecule has 1 aromatic carbocycles. The second-order valence-electron chi connectivity index (χ2n) is 4.43. The minimum Gasteiger partial charge on any atom is -0.328 e. The normalized spacial score (nSPS) is 10.8. The third kappa shape index (κ3) is 2.70. The van der Waals surface area contributed by atoms with E-state index in [2.05, 4.69) is 15.1 Å². The molecule has 0 spiro atoms. The van der Waals surface area contributed by atoms with Crippen LogP contribution in [0.5, 0.6) is 0 Å². The smallest absolute Gasteiger partial charge is 0.247 e. The van der Waals surface area contributed by atoms with E-state index in [1.165, 1.54) is 6.07 Å². The molecule has 5 nitrogen and oxygen atoms in total. The van der Waals surface area contributed by atoms with Gasteiger partial charge in [0.1, 0.15) is 5.82 Å². The van der Waals surface area contributed by atoms with Crippen molar-refractivity contribution in [2.75, 3.05) is 0 Å². The standard InChI is InChI=1S/C14H10Cl2N4O/c1-8-18-14(9-2-5-13(21)17-7-9)20(19-8)10-3-4-11(15)12(16)6-10/h2-7H,1H3,(H,17,21). The first kappa shape index (κ1) is 13.9. The molecule has 2 heterocycles. The van der Waals surface area contributed by atoms with Gasteiger partial charge in [-0.3, -0.25) is 4.79 Å². The Labute approximate surface area is 130 Å². The number of aromatic amines is 1. The van der Waals surface area contributed by atoms with Gasteiger partial charge in [0, 0.05) is 17.8 Å². The lowest BCUT2D eigenvalue weighted by Crippen LogP contribution is -2.04. The molecule has 3 rings (SSSR count). The highest BCUT2D eigenvalue weighted by atomic mass is 35.5. The number of rotatable bonds is 2. The molecule has 0 aliphatic carbocycles. The van der Waals surface area contributed by atoms with Crippen LogP contribution in [0, 0.1) is 6.92 Å². The summed E-state index contributed by atoms with van der Waals surface area (Å²) in [5.74, 6) is 1.23. The van der Waals surface area contributed by atoms with Crippen LogP contribution in [0.4, 0.5) is 0 Å². The molecule has 1 N–H and O–H groups in total. The third-order valence-corrected chi connectivity index (χ3v) is 3.64. The number of nitrogens with zero attached hydrogens (tertiary/aromatic N) is 3. The van der Waals surface area contributed by atoms with Crippen LogP contribution in [0.3, 0.4) is 0 Å². The average Bonchev–Trinajstić information content (AvgIpc) is 2.85. The Kier molecular flexibility index (Phi) is 3.53. The van der Waals surface area contributed by atoms with Crippen molar-refractivity contribution in [3.05, 3.63) is 62.8 Å². The monoisotopic (exact) mass is 320 g/mol. The van der Waals surface area contributed by atoms with Gasteiger partial charge in [-0.05, 0) is 31.2 Å². The predicted octanol–water partition coefficient (Wildman–Crippen LogP) is 3.24. The van der Waals surface area contributed by atoms with Crippen molar-refractivity contribution in [3.8, 4) is 17.1 Å². The quantitative estimate of drug-likeness (QED) is 0.788. The van der Waals surface area contributed by atoms with Crippen LogP contribution in [0.1, 0.15) is 5.82 Å². The summed E-state index contributed by atoms with van der Waals surface area (Å²) in [6.07, 6.45) is 1.60. The Morgan fingerprint density at radius 2 is 1.95 bits per heavy atom. The Bertz CT molecular complexity index is 849. The van der Waals surface area contributed by atoms with E-state index in [0.717, 1.165) is 11.3 Å². The van der Waals surface area contributed by atoms with Crippen LogP contribution in [0.2, 0.25) is 10.0 Å². The maximum absolute atomic E-state index is 11.2. The number of aryl methyl sites for hydroxylation is 1. The SMILES string of the molecule is Cc1nc(-c2ccc(=O)[nH]c2)n(-c2ccc(Cl)c(Cl)c2)n1. The molecular weight excluding hydrogens is 311 g/mol. The van der Waals surface area contributed by atoms with Gasteiger partial charge in [0.2, 0.25) is 5.56 Å². The lowest BCUT2D eigenvalue weighted by atomic mass is 10.2. The van der Waals surface area contributed by atoms with Gasteiger partial charge in [-0.25, -0.2) is 9.67 Å². The van der Waals surface area contributed by atoms with Crippen LogP contribution in [0.15, 0.2) is 41.3 Å². The van der Waals surface area contributed by atoms with E-state index >= 15 is 0 Å². The van der Waals surface area contributed by atoms with Gasteiger partial charge in [0.15, 0.2) is 5.82 Å². The van der Waals surface area contributed by atoms with Crippen LogP contribution < -0.4 is 5.56 Å². The van der Waals surface area contributed by atoms with Gasteiger partial charge in [-0.1, -0.05) is 23.2 Å². The van der Waals surface area contributed by atoms with Crippen molar-refractivity contribution in [1.82, 2.24) is 19.7 Å². The number of nitrogens with one attached hydrogen (secondary N) is 1. The minimum atomic E-state index is -0.170. The summed E-state index contributed by atoms with van der Waals surface area (Å²) in [5, 5.41) is 5.28. The summed E-state index contributed by atoms with van der Waals surface area (Å²) >= 11 is 12.0. The lowest BCUT2D eigenvalue weighted by Gasteiger charge is -2.07. The fourth-order valence-electron chi connectivity index (χ4n) is 1.95. The molecule has 0 fully saturated rings. The zero-order valence-corrected chi connectivity index (χ0v) is 12.5. The molecular formula is C14H10Cl2N4O. The van der Waals surface area contributed by atoms with Gasteiger partial charge in [0.05, 0.1) is 15.7 Å². The fourth-order valence-corrected chi connectivity index (χ4v) is 2.24. The number of H-pyrrole nitrogens is 1.